The first-order valence-corrected chi connectivity index (χ1v) is 9.59. The smallest absolute Gasteiger partial charge is 0.252 e. The van der Waals surface area contributed by atoms with Gasteiger partial charge in [0.15, 0.2) is 5.79 Å². The first kappa shape index (κ1) is 15.6. The number of carbonyl (C=O) groups excluding carboxylic acids is 1. The SMILES string of the molecule is Cc1c([C@H](C)C2CCC3(CC2)OCCO3)sc2c1C(=O)NCC2. The summed E-state index contributed by atoms with van der Waals surface area (Å²) in [6.45, 7) is 6.72. The van der Waals surface area contributed by atoms with Crippen LogP contribution in [-0.2, 0) is 15.9 Å². The average Bonchev–Trinajstić information content (AvgIpc) is 3.14. The van der Waals surface area contributed by atoms with Crippen molar-refractivity contribution in [2.24, 2.45) is 5.92 Å². The number of nitrogens with one attached hydrogen (secondary N) is 1. The number of hydrogen-bond donors (Lipinski definition) is 1. The van der Waals surface area contributed by atoms with Crippen molar-refractivity contribution in [1.82, 2.24) is 5.32 Å². The van der Waals surface area contributed by atoms with Crippen LogP contribution in [0.2, 0.25) is 0 Å². The van der Waals surface area contributed by atoms with Crippen LogP contribution >= 0.6 is 11.3 Å². The van der Waals surface area contributed by atoms with E-state index in [1.165, 1.54) is 15.3 Å². The van der Waals surface area contributed by atoms with Crippen LogP contribution in [-0.4, -0.2) is 31.5 Å². The van der Waals surface area contributed by atoms with Crippen molar-refractivity contribution in [2.45, 2.75) is 57.7 Å². The molecule has 4 nitrogen and oxygen atoms in total. The Bertz CT molecular complexity index is 608. The quantitative estimate of drug-likeness (QED) is 0.901. The van der Waals surface area contributed by atoms with E-state index in [0.29, 0.717) is 11.8 Å². The van der Waals surface area contributed by atoms with Gasteiger partial charge in [0, 0.05) is 29.1 Å². The van der Waals surface area contributed by atoms with E-state index in [1.54, 1.807) is 0 Å². The molecule has 2 aliphatic heterocycles. The van der Waals surface area contributed by atoms with Crippen LogP contribution in [0.3, 0.4) is 0 Å². The number of amides is 1. The topological polar surface area (TPSA) is 47.6 Å². The molecule has 1 amide bonds. The Morgan fingerprint density at radius 1 is 1.26 bits per heavy atom. The van der Waals surface area contributed by atoms with Crippen molar-refractivity contribution in [3.8, 4) is 0 Å². The number of ether oxygens (including phenoxy) is 2. The van der Waals surface area contributed by atoms with Crippen molar-refractivity contribution >= 4 is 17.2 Å². The predicted molar refractivity (Wildman–Crippen MR) is 90.1 cm³/mol. The fourth-order valence-electron chi connectivity index (χ4n) is 4.46. The summed E-state index contributed by atoms with van der Waals surface area (Å²) in [6, 6.07) is 0. The summed E-state index contributed by atoms with van der Waals surface area (Å²) >= 11 is 1.87. The minimum Gasteiger partial charge on any atom is -0.352 e. The lowest BCUT2D eigenvalue weighted by molar-refractivity contribution is -0.183. The number of fused-ring (bicyclic) bond motifs is 1. The highest BCUT2D eigenvalue weighted by Crippen LogP contribution is 2.46. The zero-order chi connectivity index (χ0) is 16.0. The van der Waals surface area contributed by atoms with Crippen LogP contribution in [0, 0.1) is 12.8 Å². The first-order chi connectivity index (χ1) is 11.1. The highest BCUT2D eigenvalue weighted by atomic mass is 32.1. The molecule has 0 unspecified atom stereocenters. The second-order valence-electron chi connectivity index (χ2n) is 7.13. The van der Waals surface area contributed by atoms with Crippen LogP contribution in [0.5, 0.6) is 0 Å². The number of thiophene rings is 1. The molecule has 1 aromatic rings. The lowest BCUT2D eigenvalue weighted by Crippen LogP contribution is -2.36. The number of rotatable bonds is 2. The number of hydrogen-bond acceptors (Lipinski definition) is 4. The molecule has 1 atom stereocenters. The Hall–Kier alpha value is -0.910. The number of carbonyl (C=O) groups is 1. The van der Waals surface area contributed by atoms with Gasteiger partial charge in [-0.25, -0.2) is 0 Å². The summed E-state index contributed by atoms with van der Waals surface area (Å²) in [5, 5.41) is 2.98. The van der Waals surface area contributed by atoms with E-state index in [2.05, 4.69) is 19.2 Å². The largest absolute Gasteiger partial charge is 0.352 e. The standard InChI is InChI=1S/C18H25NO3S/c1-11(13-3-6-18(7-4-13)21-9-10-22-18)16-12(2)15-14(23-16)5-8-19-17(15)20/h11,13H,3-10H2,1-2H3,(H,19,20)/t11-/m1/s1. The average molecular weight is 335 g/mol. The van der Waals surface area contributed by atoms with Crippen LogP contribution < -0.4 is 5.32 Å². The van der Waals surface area contributed by atoms with Gasteiger partial charge in [-0.3, -0.25) is 4.79 Å². The molecular weight excluding hydrogens is 310 g/mol. The van der Waals surface area contributed by atoms with E-state index in [-0.39, 0.29) is 11.7 Å². The molecule has 0 aromatic carbocycles. The Labute approximate surface area is 141 Å². The molecule has 1 aliphatic carbocycles. The van der Waals surface area contributed by atoms with Crippen molar-refractivity contribution < 1.29 is 14.3 Å². The van der Waals surface area contributed by atoms with E-state index in [4.69, 9.17) is 9.47 Å². The van der Waals surface area contributed by atoms with Crippen LogP contribution in [0.1, 0.15) is 64.2 Å². The molecule has 23 heavy (non-hydrogen) atoms. The van der Waals surface area contributed by atoms with Gasteiger partial charge in [-0.05, 0) is 43.6 Å². The van der Waals surface area contributed by atoms with E-state index in [1.807, 2.05) is 11.3 Å². The van der Waals surface area contributed by atoms with Crippen molar-refractivity contribution in [2.75, 3.05) is 19.8 Å². The van der Waals surface area contributed by atoms with Gasteiger partial charge in [-0.15, -0.1) is 11.3 Å². The molecule has 2 fully saturated rings. The molecule has 126 valence electrons. The molecule has 0 radical (unpaired) electrons. The fraction of sp³-hybridized carbons (Fsp3) is 0.722. The predicted octanol–water partition coefficient (Wildman–Crippen LogP) is 3.38. The summed E-state index contributed by atoms with van der Waals surface area (Å²) in [7, 11) is 0. The van der Waals surface area contributed by atoms with Gasteiger partial charge in [0.05, 0.1) is 18.8 Å². The zero-order valence-corrected chi connectivity index (χ0v) is 14.8. The Morgan fingerprint density at radius 3 is 2.61 bits per heavy atom. The fourth-order valence-corrected chi connectivity index (χ4v) is 5.91. The molecule has 0 bridgehead atoms. The van der Waals surface area contributed by atoms with Gasteiger partial charge in [-0.2, -0.15) is 0 Å². The Balaban J connectivity index is 1.52. The molecule has 1 saturated carbocycles. The Kier molecular flexibility index (Phi) is 3.98. The van der Waals surface area contributed by atoms with Crippen LogP contribution in [0.4, 0.5) is 0 Å². The summed E-state index contributed by atoms with van der Waals surface area (Å²) < 4.78 is 11.7. The molecule has 4 rings (SSSR count). The highest BCUT2D eigenvalue weighted by Gasteiger charge is 2.42. The van der Waals surface area contributed by atoms with Crippen molar-refractivity contribution in [3.63, 3.8) is 0 Å². The van der Waals surface area contributed by atoms with Gasteiger partial charge in [0.2, 0.25) is 0 Å². The maximum Gasteiger partial charge on any atom is 0.252 e. The maximum absolute atomic E-state index is 12.2. The normalized spacial score (nSPS) is 25.4. The molecular formula is C18H25NO3S. The lowest BCUT2D eigenvalue weighted by atomic mass is 9.77. The van der Waals surface area contributed by atoms with E-state index < -0.39 is 0 Å². The van der Waals surface area contributed by atoms with Crippen molar-refractivity contribution in [3.05, 3.63) is 20.9 Å². The van der Waals surface area contributed by atoms with Crippen LogP contribution in [0.25, 0.3) is 0 Å². The van der Waals surface area contributed by atoms with Gasteiger partial charge < -0.3 is 14.8 Å². The summed E-state index contributed by atoms with van der Waals surface area (Å²) in [5.74, 6) is 1.01. The maximum atomic E-state index is 12.2. The second-order valence-corrected chi connectivity index (χ2v) is 8.27. The lowest BCUT2D eigenvalue weighted by Gasteiger charge is -2.37. The second kappa shape index (κ2) is 5.87. The first-order valence-electron chi connectivity index (χ1n) is 8.78. The molecule has 1 saturated heterocycles. The minimum atomic E-state index is -0.278. The monoisotopic (exact) mass is 335 g/mol. The third kappa shape index (κ3) is 2.63. The van der Waals surface area contributed by atoms with E-state index in [9.17, 15) is 4.79 Å². The Morgan fingerprint density at radius 2 is 1.96 bits per heavy atom. The third-order valence-corrected chi connectivity index (χ3v) is 7.40. The zero-order valence-electron chi connectivity index (χ0n) is 13.9. The summed E-state index contributed by atoms with van der Waals surface area (Å²) in [4.78, 5) is 14.8. The molecule has 5 heteroatoms. The summed E-state index contributed by atoms with van der Waals surface area (Å²) in [5.41, 5.74) is 2.17. The van der Waals surface area contributed by atoms with Gasteiger partial charge in [-0.1, -0.05) is 6.92 Å². The van der Waals surface area contributed by atoms with E-state index >= 15 is 0 Å². The summed E-state index contributed by atoms with van der Waals surface area (Å²) in [6.07, 6.45) is 5.29. The molecule has 1 N–H and O–H groups in total. The molecule has 1 aromatic heterocycles. The third-order valence-electron chi connectivity index (χ3n) is 5.85. The van der Waals surface area contributed by atoms with E-state index in [0.717, 1.165) is 57.4 Å². The molecule has 3 heterocycles. The van der Waals surface area contributed by atoms with Gasteiger partial charge in [0.25, 0.3) is 5.91 Å². The molecule has 3 aliphatic rings. The van der Waals surface area contributed by atoms with Crippen molar-refractivity contribution in [1.29, 1.82) is 0 Å². The minimum absolute atomic E-state index is 0.119. The van der Waals surface area contributed by atoms with Crippen LogP contribution in [0.15, 0.2) is 0 Å². The molecule has 1 spiro atoms. The van der Waals surface area contributed by atoms with Gasteiger partial charge in [0.1, 0.15) is 0 Å². The van der Waals surface area contributed by atoms with Gasteiger partial charge >= 0.3 is 0 Å². The highest BCUT2D eigenvalue weighted by molar-refractivity contribution is 7.12.